The molecule has 2 aromatic heterocycles. The molecule has 0 spiro atoms. The molecule has 0 amide bonds. The Kier molecular flexibility index (Phi) is 4.95. The molecule has 4 aromatic rings. The van der Waals surface area contributed by atoms with E-state index in [2.05, 4.69) is 15.3 Å². The van der Waals surface area contributed by atoms with Crippen molar-refractivity contribution in [1.82, 2.24) is 15.0 Å². The molecule has 2 aromatic carbocycles. The molecule has 28 heavy (non-hydrogen) atoms. The molecule has 4 rings (SSSR count). The fourth-order valence-corrected chi connectivity index (χ4v) is 2.96. The van der Waals surface area contributed by atoms with Crippen molar-refractivity contribution in [3.8, 4) is 23.0 Å². The van der Waals surface area contributed by atoms with Crippen LogP contribution in [0.15, 0.2) is 60.8 Å². The molecule has 0 unspecified atom stereocenters. The molecule has 0 aliphatic rings. The van der Waals surface area contributed by atoms with Gasteiger partial charge in [-0.3, -0.25) is 4.98 Å². The summed E-state index contributed by atoms with van der Waals surface area (Å²) in [5, 5.41) is 4.80. The normalized spacial score (nSPS) is 10.7. The van der Waals surface area contributed by atoms with Crippen LogP contribution >= 0.6 is 11.6 Å². The molecule has 0 atom stereocenters. The molecular weight excluding hydrogens is 376 g/mol. The van der Waals surface area contributed by atoms with Crippen LogP contribution in [0.5, 0.6) is 11.5 Å². The fraction of sp³-hybridized carbons (Fsp3) is 0.0952. The smallest absolute Gasteiger partial charge is 0.180 e. The predicted octanol–water partition coefficient (Wildman–Crippen LogP) is 5.11. The lowest BCUT2D eigenvalue weighted by atomic mass is 10.2. The summed E-state index contributed by atoms with van der Waals surface area (Å²) in [6.45, 7) is 0. The highest BCUT2D eigenvalue weighted by molar-refractivity contribution is 6.30. The van der Waals surface area contributed by atoms with Gasteiger partial charge in [-0.2, -0.15) is 0 Å². The first-order valence-corrected chi connectivity index (χ1v) is 8.93. The molecule has 0 fully saturated rings. The molecular formula is C21H17ClN4O2. The standard InChI is InChI=1S/C21H17ClN4O2/c1-27-18-11-15-17(12-19(18)28-2)25-21(16-5-3-4-10-23-16)26-20(15)24-14-8-6-13(22)7-9-14/h3-12H,1-2H3,(H,24,25,26). The lowest BCUT2D eigenvalue weighted by molar-refractivity contribution is 0.356. The van der Waals surface area contributed by atoms with Crippen LogP contribution in [0.1, 0.15) is 0 Å². The lowest BCUT2D eigenvalue weighted by Crippen LogP contribution is -2.01. The maximum absolute atomic E-state index is 6.00. The number of hydrogen-bond donors (Lipinski definition) is 1. The van der Waals surface area contributed by atoms with E-state index < -0.39 is 0 Å². The van der Waals surface area contributed by atoms with E-state index in [0.717, 1.165) is 11.1 Å². The molecule has 140 valence electrons. The van der Waals surface area contributed by atoms with Gasteiger partial charge >= 0.3 is 0 Å². The minimum absolute atomic E-state index is 0.511. The number of fused-ring (bicyclic) bond motifs is 1. The summed E-state index contributed by atoms with van der Waals surface area (Å²) in [4.78, 5) is 13.7. The monoisotopic (exact) mass is 392 g/mol. The molecule has 1 N–H and O–H groups in total. The van der Waals surface area contributed by atoms with Crippen molar-refractivity contribution >= 4 is 34.0 Å². The van der Waals surface area contributed by atoms with E-state index in [1.54, 1.807) is 20.4 Å². The summed E-state index contributed by atoms with van der Waals surface area (Å²) in [6, 6.07) is 16.7. The number of anilines is 2. The average molecular weight is 393 g/mol. The largest absolute Gasteiger partial charge is 0.493 e. The summed E-state index contributed by atoms with van der Waals surface area (Å²) < 4.78 is 10.9. The number of rotatable bonds is 5. The quantitative estimate of drug-likeness (QED) is 0.509. The second-order valence-electron chi connectivity index (χ2n) is 5.97. The molecule has 6 nitrogen and oxygen atoms in total. The number of ether oxygens (including phenoxy) is 2. The topological polar surface area (TPSA) is 69.2 Å². The van der Waals surface area contributed by atoms with Crippen molar-refractivity contribution in [3.63, 3.8) is 0 Å². The van der Waals surface area contributed by atoms with Gasteiger partial charge in [-0.05, 0) is 42.5 Å². The molecule has 0 saturated carbocycles. The SMILES string of the molecule is COc1cc2nc(-c3ccccn3)nc(Nc3ccc(Cl)cc3)c2cc1OC. The Morgan fingerprint density at radius 2 is 1.64 bits per heavy atom. The van der Waals surface area contributed by atoms with Crippen molar-refractivity contribution in [1.29, 1.82) is 0 Å². The van der Waals surface area contributed by atoms with Crippen molar-refractivity contribution in [2.24, 2.45) is 0 Å². The highest BCUT2D eigenvalue weighted by Gasteiger charge is 2.15. The van der Waals surface area contributed by atoms with Gasteiger partial charge in [0.2, 0.25) is 0 Å². The first-order chi connectivity index (χ1) is 13.7. The van der Waals surface area contributed by atoms with Crippen LogP contribution in [0.3, 0.4) is 0 Å². The van der Waals surface area contributed by atoms with Gasteiger partial charge in [0, 0.05) is 28.4 Å². The fourth-order valence-electron chi connectivity index (χ4n) is 2.83. The third-order valence-corrected chi connectivity index (χ3v) is 4.45. The average Bonchev–Trinajstić information content (AvgIpc) is 2.74. The number of nitrogens with one attached hydrogen (secondary N) is 1. The number of halogens is 1. The van der Waals surface area contributed by atoms with Crippen LogP contribution in [-0.4, -0.2) is 29.2 Å². The van der Waals surface area contributed by atoms with Crippen LogP contribution < -0.4 is 14.8 Å². The Hall–Kier alpha value is -3.38. The third-order valence-electron chi connectivity index (χ3n) is 4.20. The summed E-state index contributed by atoms with van der Waals surface area (Å²) >= 11 is 6.00. The zero-order chi connectivity index (χ0) is 19.5. The first-order valence-electron chi connectivity index (χ1n) is 8.55. The van der Waals surface area contributed by atoms with Crippen molar-refractivity contribution in [2.45, 2.75) is 0 Å². The van der Waals surface area contributed by atoms with Crippen LogP contribution in [0.25, 0.3) is 22.4 Å². The van der Waals surface area contributed by atoms with Crippen LogP contribution in [-0.2, 0) is 0 Å². The van der Waals surface area contributed by atoms with E-state index in [4.69, 9.17) is 26.1 Å². The Morgan fingerprint density at radius 3 is 2.32 bits per heavy atom. The van der Waals surface area contributed by atoms with Gasteiger partial charge in [-0.15, -0.1) is 0 Å². The number of pyridine rings is 1. The second kappa shape index (κ2) is 7.70. The van der Waals surface area contributed by atoms with Crippen molar-refractivity contribution in [3.05, 3.63) is 65.8 Å². The van der Waals surface area contributed by atoms with E-state index in [1.807, 2.05) is 54.6 Å². The first kappa shape index (κ1) is 18.0. The van der Waals surface area contributed by atoms with Gasteiger partial charge in [0.25, 0.3) is 0 Å². The lowest BCUT2D eigenvalue weighted by Gasteiger charge is -2.14. The van der Waals surface area contributed by atoms with Gasteiger partial charge in [0.15, 0.2) is 17.3 Å². The maximum atomic E-state index is 6.00. The molecule has 7 heteroatoms. The zero-order valence-electron chi connectivity index (χ0n) is 15.3. The van der Waals surface area contributed by atoms with E-state index in [1.165, 1.54) is 0 Å². The number of nitrogens with zero attached hydrogens (tertiary/aromatic N) is 3. The summed E-state index contributed by atoms with van der Waals surface area (Å²) in [5.74, 6) is 2.34. The van der Waals surface area contributed by atoms with Crippen LogP contribution in [0.2, 0.25) is 5.02 Å². The van der Waals surface area contributed by atoms with E-state index in [-0.39, 0.29) is 0 Å². The Morgan fingerprint density at radius 1 is 0.893 bits per heavy atom. The van der Waals surface area contributed by atoms with E-state index in [9.17, 15) is 0 Å². The van der Waals surface area contributed by atoms with E-state index >= 15 is 0 Å². The van der Waals surface area contributed by atoms with Gasteiger partial charge < -0.3 is 14.8 Å². The van der Waals surface area contributed by atoms with Gasteiger partial charge in [0.05, 0.1) is 19.7 Å². The number of aromatic nitrogens is 3. The minimum Gasteiger partial charge on any atom is -0.493 e. The van der Waals surface area contributed by atoms with Crippen molar-refractivity contribution in [2.75, 3.05) is 19.5 Å². The summed E-state index contributed by atoms with van der Waals surface area (Å²) in [7, 11) is 3.19. The van der Waals surface area contributed by atoms with Crippen LogP contribution in [0.4, 0.5) is 11.5 Å². The Labute approximate surface area is 167 Å². The third kappa shape index (κ3) is 3.54. The van der Waals surface area contributed by atoms with Gasteiger partial charge in [-0.1, -0.05) is 17.7 Å². The molecule has 0 aliphatic heterocycles. The highest BCUT2D eigenvalue weighted by atomic mass is 35.5. The van der Waals surface area contributed by atoms with Gasteiger partial charge in [0.1, 0.15) is 11.5 Å². The number of benzene rings is 2. The molecule has 0 saturated heterocycles. The Bertz CT molecular complexity index is 1120. The van der Waals surface area contributed by atoms with Gasteiger partial charge in [-0.25, -0.2) is 9.97 Å². The molecule has 0 aliphatic carbocycles. The number of hydrogen-bond acceptors (Lipinski definition) is 6. The summed E-state index contributed by atoms with van der Waals surface area (Å²) in [6.07, 6.45) is 1.71. The minimum atomic E-state index is 0.511. The second-order valence-corrected chi connectivity index (χ2v) is 6.40. The number of methoxy groups -OCH3 is 2. The predicted molar refractivity (Wildman–Crippen MR) is 111 cm³/mol. The zero-order valence-corrected chi connectivity index (χ0v) is 16.1. The highest BCUT2D eigenvalue weighted by Crippen LogP contribution is 2.36. The Balaban J connectivity index is 1.91. The molecule has 0 radical (unpaired) electrons. The molecule has 2 heterocycles. The van der Waals surface area contributed by atoms with Crippen LogP contribution in [0, 0.1) is 0 Å². The summed E-state index contributed by atoms with van der Waals surface area (Å²) in [5.41, 5.74) is 2.24. The van der Waals surface area contributed by atoms with E-state index in [0.29, 0.717) is 39.4 Å². The van der Waals surface area contributed by atoms with Crippen molar-refractivity contribution < 1.29 is 9.47 Å². The maximum Gasteiger partial charge on any atom is 0.180 e. The molecule has 0 bridgehead atoms.